The van der Waals surface area contributed by atoms with Crippen LogP contribution < -0.4 is 10.1 Å². The summed E-state index contributed by atoms with van der Waals surface area (Å²) >= 11 is 5.95. The maximum Gasteiger partial charge on any atom is 0.573 e. The molecule has 0 radical (unpaired) electrons. The number of alkyl halides is 3. The molecule has 2 aromatic carbocycles. The van der Waals surface area contributed by atoms with Gasteiger partial charge in [-0.05, 0) is 25.2 Å². The van der Waals surface area contributed by atoms with E-state index in [0.29, 0.717) is 0 Å². The van der Waals surface area contributed by atoms with Crippen molar-refractivity contribution in [1.29, 1.82) is 0 Å². The molecule has 0 heterocycles. The molecule has 0 spiro atoms. The zero-order valence-corrected chi connectivity index (χ0v) is 15.1. The van der Waals surface area contributed by atoms with Gasteiger partial charge >= 0.3 is 6.36 Å². The molecule has 9 heteroatoms. The Labute approximate surface area is 158 Å². The van der Waals surface area contributed by atoms with E-state index in [0.717, 1.165) is 0 Å². The first-order valence-corrected chi connectivity index (χ1v) is 8.25. The Morgan fingerprint density at radius 3 is 2.56 bits per heavy atom. The molecular formula is C18H17ClF4N2O2. The fraction of sp³-hybridized carbons (Fsp3) is 0.278. The summed E-state index contributed by atoms with van der Waals surface area (Å²) in [6.07, 6.45) is -4.82. The van der Waals surface area contributed by atoms with Gasteiger partial charge in [0.2, 0.25) is 5.91 Å². The Hall–Kier alpha value is -2.32. The minimum absolute atomic E-state index is 0.0903. The first-order chi connectivity index (χ1) is 12.7. The van der Waals surface area contributed by atoms with E-state index in [-0.39, 0.29) is 41.5 Å². The topological polar surface area (TPSA) is 41.6 Å². The monoisotopic (exact) mass is 404 g/mol. The predicted molar refractivity (Wildman–Crippen MR) is 92.7 cm³/mol. The van der Waals surface area contributed by atoms with E-state index in [9.17, 15) is 22.4 Å². The SMILES string of the molecule is CN(CC(=O)NCc1ccccc1OC(F)(F)F)Cc1c(F)cccc1Cl. The molecule has 0 bridgehead atoms. The number of carbonyl (C=O) groups excluding carboxylic acids is 1. The Morgan fingerprint density at radius 1 is 1.19 bits per heavy atom. The van der Waals surface area contributed by atoms with Crippen molar-refractivity contribution in [3.05, 3.63) is 64.4 Å². The van der Waals surface area contributed by atoms with Gasteiger partial charge in [0.25, 0.3) is 0 Å². The Bertz CT molecular complexity index is 779. The summed E-state index contributed by atoms with van der Waals surface area (Å²) in [6.45, 7) is -0.126. The lowest BCUT2D eigenvalue weighted by atomic mass is 10.2. The van der Waals surface area contributed by atoms with E-state index >= 15 is 0 Å². The van der Waals surface area contributed by atoms with Crippen molar-refractivity contribution in [3.8, 4) is 5.75 Å². The molecule has 0 aliphatic rings. The van der Waals surface area contributed by atoms with Gasteiger partial charge in [-0.15, -0.1) is 13.2 Å². The van der Waals surface area contributed by atoms with Crippen LogP contribution in [0.5, 0.6) is 5.75 Å². The number of para-hydroxylation sites is 1. The normalized spacial score (nSPS) is 11.5. The van der Waals surface area contributed by atoms with Gasteiger partial charge in [0.15, 0.2) is 0 Å². The average Bonchev–Trinajstić information content (AvgIpc) is 2.56. The number of amides is 1. The van der Waals surface area contributed by atoms with Crippen LogP contribution in [0, 0.1) is 5.82 Å². The van der Waals surface area contributed by atoms with Crippen LogP contribution in [0.2, 0.25) is 5.02 Å². The van der Waals surface area contributed by atoms with Crippen molar-refractivity contribution in [1.82, 2.24) is 10.2 Å². The zero-order valence-electron chi connectivity index (χ0n) is 14.3. The number of likely N-dealkylation sites (N-methyl/N-ethyl adjacent to an activating group) is 1. The van der Waals surface area contributed by atoms with Crippen LogP contribution in [-0.2, 0) is 17.9 Å². The molecule has 0 aliphatic heterocycles. The lowest BCUT2D eigenvalue weighted by Gasteiger charge is -2.18. The van der Waals surface area contributed by atoms with E-state index in [4.69, 9.17) is 11.6 Å². The third-order valence-electron chi connectivity index (χ3n) is 3.58. The number of nitrogens with one attached hydrogen (secondary N) is 1. The molecule has 0 atom stereocenters. The lowest BCUT2D eigenvalue weighted by Crippen LogP contribution is -2.35. The van der Waals surface area contributed by atoms with E-state index < -0.39 is 18.1 Å². The molecule has 0 aromatic heterocycles. The fourth-order valence-corrected chi connectivity index (χ4v) is 2.60. The van der Waals surface area contributed by atoms with Crippen LogP contribution in [0.15, 0.2) is 42.5 Å². The summed E-state index contributed by atoms with van der Waals surface area (Å²) in [5, 5.41) is 2.77. The number of benzene rings is 2. The van der Waals surface area contributed by atoms with Crippen LogP contribution >= 0.6 is 11.6 Å². The third-order valence-corrected chi connectivity index (χ3v) is 3.93. The van der Waals surface area contributed by atoms with Gasteiger partial charge in [-0.3, -0.25) is 9.69 Å². The highest BCUT2D eigenvalue weighted by molar-refractivity contribution is 6.31. The van der Waals surface area contributed by atoms with Gasteiger partial charge in [0, 0.05) is 29.2 Å². The maximum atomic E-state index is 13.8. The minimum Gasteiger partial charge on any atom is -0.405 e. The zero-order chi connectivity index (χ0) is 20.0. The molecule has 1 N–H and O–H groups in total. The Balaban J connectivity index is 1.91. The molecule has 2 aromatic rings. The van der Waals surface area contributed by atoms with Gasteiger partial charge in [-0.2, -0.15) is 0 Å². The van der Waals surface area contributed by atoms with E-state index in [1.165, 1.54) is 41.3 Å². The largest absolute Gasteiger partial charge is 0.573 e. The maximum absolute atomic E-state index is 13.8. The quantitative estimate of drug-likeness (QED) is 0.706. The van der Waals surface area contributed by atoms with Gasteiger partial charge in [0.1, 0.15) is 11.6 Å². The molecule has 27 heavy (non-hydrogen) atoms. The number of hydrogen-bond acceptors (Lipinski definition) is 3. The summed E-state index contributed by atoms with van der Waals surface area (Å²) in [7, 11) is 1.60. The summed E-state index contributed by atoms with van der Waals surface area (Å²) < 4.78 is 54.9. The second-order valence-electron chi connectivity index (χ2n) is 5.80. The van der Waals surface area contributed by atoms with Crippen LogP contribution in [-0.4, -0.2) is 30.8 Å². The third kappa shape index (κ3) is 6.73. The molecule has 0 saturated carbocycles. The van der Waals surface area contributed by atoms with Crippen molar-refractivity contribution in [3.63, 3.8) is 0 Å². The first-order valence-electron chi connectivity index (χ1n) is 7.87. The molecule has 0 saturated heterocycles. The van der Waals surface area contributed by atoms with Crippen molar-refractivity contribution >= 4 is 17.5 Å². The molecule has 1 amide bonds. The molecule has 0 fully saturated rings. The molecule has 0 unspecified atom stereocenters. The van der Waals surface area contributed by atoms with E-state index in [1.54, 1.807) is 13.1 Å². The fourth-order valence-electron chi connectivity index (χ4n) is 2.38. The lowest BCUT2D eigenvalue weighted by molar-refractivity contribution is -0.274. The smallest absolute Gasteiger partial charge is 0.405 e. The molecule has 0 aliphatic carbocycles. The van der Waals surface area contributed by atoms with Gasteiger partial charge < -0.3 is 10.1 Å². The molecular weight excluding hydrogens is 388 g/mol. The highest BCUT2D eigenvalue weighted by Crippen LogP contribution is 2.26. The number of halogens is 5. The number of hydrogen-bond donors (Lipinski definition) is 1. The first kappa shape index (κ1) is 21.0. The summed E-state index contributed by atoms with van der Waals surface area (Å²) in [4.78, 5) is 13.6. The van der Waals surface area contributed by atoms with Crippen LogP contribution in [0.4, 0.5) is 17.6 Å². The van der Waals surface area contributed by atoms with Gasteiger partial charge in [0.05, 0.1) is 6.54 Å². The van der Waals surface area contributed by atoms with Crippen molar-refractivity contribution in [2.45, 2.75) is 19.5 Å². The number of rotatable bonds is 7. The average molecular weight is 405 g/mol. The Morgan fingerprint density at radius 2 is 1.89 bits per heavy atom. The minimum atomic E-state index is -4.82. The van der Waals surface area contributed by atoms with Crippen molar-refractivity contribution in [2.75, 3.05) is 13.6 Å². The standard InChI is InChI=1S/C18H17ClF4N2O2/c1-25(10-13-14(19)6-4-7-15(13)20)11-17(26)24-9-12-5-2-3-8-16(12)27-18(21,22)23/h2-8H,9-11H2,1H3,(H,24,26). The van der Waals surface area contributed by atoms with E-state index in [1.807, 2.05) is 0 Å². The summed E-state index contributed by atoms with van der Waals surface area (Å²) in [6, 6.07) is 9.83. The highest BCUT2D eigenvalue weighted by atomic mass is 35.5. The second kappa shape index (κ2) is 9.05. The van der Waals surface area contributed by atoms with Gasteiger partial charge in [-0.25, -0.2) is 4.39 Å². The number of nitrogens with zero attached hydrogens (tertiary/aromatic N) is 1. The van der Waals surface area contributed by atoms with Crippen LogP contribution in [0.25, 0.3) is 0 Å². The molecule has 4 nitrogen and oxygen atoms in total. The summed E-state index contributed by atoms with van der Waals surface area (Å²) in [5.41, 5.74) is 0.446. The van der Waals surface area contributed by atoms with Crippen molar-refractivity contribution < 1.29 is 27.1 Å². The highest BCUT2D eigenvalue weighted by Gasteiger charge is 2.32. The molecule has 146 valence electrons. The number of ether oxygens (including phenoxy) is 1. The van der Waals surface area contributed by atoms with E-state index in [2.05, 4.69) is 10.1 Å². The van der Waals surface area contributed by atoms with Crippen LogP contribution in [0.1, 0.15) is 11.1 Å². The van der Waals surface area contributed by atoms with Crippen molar-refractivity contribution in [2.24, 2.45) is 0 Å². The van der Waals surface area contributed by atoms with Gasteiger partial charge in [-0.1, -0.05) is 35.9 Å². The number of carbonyl (C=O) groups is 1. The summed E-state index contributed by atoms with van der Waals surface area (Å²) in [5.74, 6) is -1.29. The molecule has 2 rings (SSSR count). The Kier molecular flexibility index (Phi) is 7.04. The van der Waals surface area contributed by atoms with Crippen LogP contribution in [0.3, 0.4) is 0 Å². The predicted octanol–water partition coefficient (Wildman–Crippen LogP) is 4.13. The second-order valence-corrected chi connectivity index (χ2v) is 6.21.